The van der Waals surface area contributed by atoms with Gasteiger partial charge in [0.1, 0.15) is 5.82 Å². The monoisotopic (exact) mass is 248 g/mol. The molecule has 0 aliphatic rings. The summed E-state index contributed by atoms with van der Waals surface area (Å²) in [5.74, 6) is -1.40. The maximum atomic E-state index is 13.7. The van der Waals surface area contributed by atoms with Gasteiger partial charge in [-0.2, -0.15) is 5.10 Å². The minimum Gasteiger partial charge on any atom is -0.481 e. The Morgan fingerprint density at radius 2 is 2.06 bits per heavy atom. The summed E-state index contributed by atoms with van der Waals surface area (Å²) in [5.41, 5.74) is 0.0462. The highest BCUT2D eigenvalue weighted by Gasteiger charge is 2.33. The Kier molecular flexibility index (Phi) is 2.90. The number of halogens is 1. The van der Waals surface area contributed by atoms with E-state index in [1.165, 1.54) is 12.3 Å². The number of hydrogen-bond donors (Lipinski definition) is 2. The van der Waals surface area contributed by atoms with Crippen LogP contribution in [0.3, 0.4) is 0 Å². The summed E-state index contributed by atoms with van der Waals surface area (Å²) < 4.78 is 13.7. The van der Waals surface area contributed by atoms with Crippen LogP contribution >= 0.6 is 0 Å². The first kappa shape index (κ1) is 12.3. The van der Waals surface area contributed by atoms with Gasteiger partial charge in [-0.15, -0.1) is 0 Å². The van der Waals surface area contributed by atoms with E-state index >= 15 is 0 Å². The van der Waals surface area contributed by atoms with Crippen LogP contribution in [0.2, 0.25) is 0 Å². The van der Waals surface area contributed by atoms with Crippen molar-refractivity contribution in [1.29, 1.82) is 0 Å². The average Bonchev–Trinajstić information content (AvgIpc) is 2.78. The first-order valence-corrected chi connectivity index (χ1v) is 5.46. The lowest BCUT2D eigenvalue weighted by molar-refractivity contribution is -0.142. The predicted molar refractivity (Wildman–Crippen MR) is 64.6 cm³/mol. The third-order valence-corrected chi connectivity index (χ3v) is 2.99. The van der Waals surface area contributed by atoms with Crippen molar-refractivity contribution in [2.75, 3.05) is 0 Å². The quantitative estimate of drug-likeness (QED) is 0.877. The van der Waals surface area contributed by atoms with Gasteiger partial charge < -0.3 is 5.11 Å². The van der Waals surface area contributed by atoms with Gasteiger partial charge in [0.2, 0.25) is 0 Å². The highest BCUT2D eigenvalue weighted by Crippen LogP contribution is 2.32. The number of nitrogens with one attached hydrogen (secondary N) is 1. The van der Waals surface area contributed by atoms with E-state index in [-0.39, 0.29) is 0 Å². The zero-order valence-electron chi connectivity index (χ0n) is 10.1. The Hall–Kier alpha value is -2.17. The number of carboxylic acid groups (broad SMARTS) is 1. The predicted octanol–water partition coefficient (Wildman–Crippen LogP) is 2.58. The summed E-state index contributed by atoms with van der Waals surface area (Å²) >= 11 is 0. The molecule has 5 heteroatoms. The van der Waals surface area contributed by atoms with Crippen molar-refractivity contribution in [1.82, 2.24) is 10.2 Å². The van der Waals surface area contributed by atoms with Gasteiger partial charge in [0, 0.05) is 11.1 Å². The summed E-state index contributed by atoms with van der Waals surface area (Å²) in [6, 6.07) is 6.19. The fourth-order valence-electron chi connectivity index (χ4n) is 1.74. The van der Waals surface area contributed by atoms with Crippen molar-refractivity contribution in [2.24, 2.45) is 0 Å². The van der Waals surface area contributed by atoms with Crippen LogP contribution in [-0.2, 0) is 10.2 Å². The highest BCUT2D eigenvalue weighted by molar-refractivity contribution is 5.83. The van der Waals surface area contributed by atoms with Crippen LogP contribution in [0.5, 0.6) is 0 Å². The van der Waals surface area contributed by atoms with Gasteiger partial charge in [0.15, 0.2) is 0 Å². The van der Waals surface area contributed by atoms with Gasteiger partial charge in [0.05, 0.1) is 17.3 Å². The molecule has 0 aliphatic carbocycles. The summed E-state index contributed by atoms with van der Waals surface area (Å²) in [7, 11) is 0. The molecule has 0 amide bonds. The number of nitrogens with zero attached hydrogens (tertiary/aromatic N) is 1. The lowest BCUT2D eigenvalue weighted by Gasteiger charge is -2.19. The first-order chi connectivity index (χ1) is 8.44. The van der Waals surface area contributed by atoms with Crippen molar-refractivity contribution in [3.8, 4) is 11.3 Å². The third-order valence-electron chi connectivity index (χ3n) is 2.99. The first-order valence-electron chi connectivity index (χ1n) is 5.46. The number of rotatable bonds is 3. The molecule has 0 radical (unpaired) electrons. The minimum atomic E-state index is -1.13. The van der Waals surface area contributed by atoms with E-state index in [0.29, 0.717) is 16.8 Å². The molecule has 0 saturated heterocycles. The van der Waals surface area contributed by atoms with Crippen LogP contribution in [-0.4, -0.2) is 21.3 Å². The number of hydrogen-bond acceptors (Lipinski definition) is 2. The van der Waals surface area contributed by atoms with Crippen LogP contribution in [0, 0.1) is 5.82 Å². The molecular formula is C13H13FN2O2. The summed E-state index contributed by atoms with van der Waals surface area (Å²) in [6.07, 6.45) is 1.43. The van der Waals surface area contributed by atoms with E-state index in [0.717, 1.165) is 0 Å². The molecule has 0 atom stereocenters. The maximum absolute atomic E-state index is 13.7. The molecule has 0 fully saturated rings. The van der Waals surface area contributed by atoms with Gasteiger partial charge in [-0.05, 0) is 26.0 Å². The van der Waals surface area contributed by atoms with E-state index in [1.807, 2.05) is 0 Å². The largest absolute Gasteiger partial charge is 0.481 e. The molecule has 18 heavy (non-hydrogen) atoms. The number of benzene rings is 1. The van der Waals surface area contributed by atoms with Crippen LogP contribution in [0.25, 0.3) is 11.3 Å². The molecule has 0 bridgehead atoms. The number of H-pyrrole nitrogens is 1. The zero-order chi connectivity index (χ0) is 13.3. The second-order valence-electron chi connectivity index (χ2n) is 4.57. The lowest BCUT2D eigenvalue weighted by Crippen LogP contribution is -2.28. The second-order valence-corrected chi connectivity index (χ2v) is 4.57. The van der Waals surface area contributed by atoms with Crippen molar-refractivity contribution in [2.45, 2.75) is 19.3 Å². The summed E-state index contributed by atoms with van der Waals surface area (Å²) in [6.45, 7) is 3.12. The smallest absolute Gasteiger partial charge is 0.313 e. The van der Waals surface area contributed by atoms with Crippen molar-refractivity contribution >= 4 is 5.97 Å². The van der Waals surface area contributed by atoms with Crippen LogP contribution in [0.4, 0.5) is 4.39 Å². The number of aliphatic carboxylic acids is 1. The molecule has 0 saturated carbocycles. The molecule has 2 N–H and O–H groups in total. The standard InChI is InChI=1S/C13H13FN2O2/c1-13(2,12(17)18)9-7-15-16-11(9)8-5-3-4-6-10(8)14/h3-7H,1-2H3,(H,15,16)(H,17,18). The molecule has 0 unspecified atom stereocenters. The number of aromatic amines is 1. The van der Waals surface area contributed by atoms with E-state index < -0.39 is 17.2 Å². The Morgan fingerprint density at radius 3 is 2.67 bits per heavy atom. The Bertz CT molecular complexity index is 590. The highest BCUT2D eigenvalue weighted by atomic mass is 19.1. The minimum absolute atomic E-state index is 0.319. The fourth-order valence-corrected chi connectivity index (χ4v) is 1.74. The fraction of sp³-hybridized carbons (Fsp3) is 0.231. The maximum Gasteiger partial charge on any atom is 0.313 e. The summed E-state index contributed by atoms with van der Waals surface area (Å²) in [4.78, 5) is 11.3. The second kappa shape index (κ2) is 4.25. The number of carboxylic acids is 1. The molecule has 2 aromatic rings. The number of carbonyl (C=O) groups is 1. The van der Waals surface area contributed by atoms with Gasteiger partial charge in [0.25, 0.3) is 0 Å². The molecule has 94 valence electrons. The molecule has 0 aliphatic heterocycles. The van der Waals surface area contributed by atoms with Gasteiger partial charge in [-0.1, -0.05) is 12.1 Å². The van der Waals surface area contributed by atoms with E-state index in [4.69, 9.17) is 0 Å². The average molecular weight is 248 g/mol. The summed E-state index contributed by atoms with van der Waals surface area (Å²) in [5, 5.41) is 15.7. The molecule has 1 aromatic carbocycles. The Balaban J connectivity index is 2.60. The third kappa shape index (κ3) is 1.88. The molecular weight excluding hydrogens is 235 g/mol. The normalized spacial score (nSPS) is 11.5. The van der Waals surface area contributed by atoms with Crippen molar-refractivity contribution in [3.63, 3.8) is 0 Å². The van der Waals surface area contributed by atoms with Crippen LogP contribution < -0.4 is 0 Å². The van der Waals surface area contributed by atoms with Gasteiger partial charge >= 0.3 is 5.97 Å². The lowest BCUT2D eigenvalue weighted by atomic mass is 9.83. The van der Waals surface area contributed by atoms with Crippen molar-refractivity contribution in [3.05, 3.63) is 41.8 Å². The molecule has 1 heterocycles. The van der Waals surface area contributed by atoms with Gasteiger partial charge in [-0.3, -0.25) is 9.89 Å². The Labute approximate surface area is 103 Å². The van der Waals surface area contributed by atoms with E-state index in [9.17, 15) is 14.3 Å². The van der Waals surface area contributed by atoms with Crippen molar-refractivity contribution < 1.29 is 14.3 Å². The molecule has 1 aromatic heterocycles. The van der Waals surface area contributed by atoms with E-state index in [2.05, 4.69) is 10.2 Å². The van der Waals surface area contributed by atoms with Gasteiger partial charge in [-0.25, -0.2) is 4.39 Å². The Morgan fingerprint density at radius 1 is 1.39 bits per heavy atom. The van der Waals surface area contributed by atoms with E-state index in [1.54, 1.807) is 32.0 Å². The SMILES string of the molecule is CC(C)(C(=O)O)c1cn[nH]c1-c1ccccc1F. The zero-order valence-corrected chi connectivity index (χ0v) is 10.1. The number of aromatic nitrogens is 2. The van der Waals surface area contributed by atoms with Crippen LogP contribution in [0.15, 0.2) is 30.5 Å². The topological polar surface area (TPSA) is 66.0 Å². The van der Waals surface area contributed by atoms with Crippen LogP contribution in [0.1, 0.15) is 19.4 Å². The molecule has 4 nitrogen and oxygen atoms in total. The molecule has 0 spiro atoms. The molecule has 2 rings (SSSR count).